The molecule has 0 radical (unpaired) electrons. The number of carbonyl (C=O) groups is 3. The molecule has 0 N–H and O–H groups in total. The Labute approximate surface area is 334 Å². The van der Waals surface area contributed by atoms with Crippen molar-refractivity contribution >= 4 is 35.2 Å². The van der Waals surface area contributed by atoms with Crippen LogP contribution in [0.3, 0.4) is 0 Å². The van der Waals surface area contributed by atoms with Crippen molar-refractivity contribution in [3.8, 4) is 17.7 Å². The van der Waals surface area contributed by atoms with Gasteiger partial charge in [-0.2, -0.15) is 4.37 Å². The van der Waals surface area contributed by atoms with Crippen LogP contribution in [0.2, 0.25) is 0 Å². The molecule has 1 aromatic heterocycles. The zero-order valence-electron chi connectivity index (χ0n) is 32.7. The minimum atomic E-state index is -1.94. The van der Waals surface area contributed by atoms with Gasteiger partial charge in [-0.3, -0.25) is 4.48 Å². The van der Waals surface area contributed by atoms with E-state index in [1.54, 1.807) is 48.5 Å². The van der Waals surface area contributed by atoms with E-state index in [0.29, 0.717) is 46.7 Å². The van der Waals surface area contributed by atoms with E-state index in [9.17, 15) is 14.4 Å². The van der Waals surface area contributed by atoms with Crippen LogP contribution in [0, 0.1) is 11.8 Å². The van der Waals surface area contributed by atoms with Gasteiger partial charge in [-0.25, -0.2) is 14.4 Å². The highest BCUT2D eigenvalue weighted by molar-refractivity contribution is 6.99. The van der Waals surface area contributed by atoms with E-state index in [1.807, 2.05) is 19.2 Å². The molecule has 0 aliphatic carbocycles. The Balaban J connectivity index is 1.02. The molecule has 3 atom stereocenters. The number of hydrogen-bond acceptors (Lipinski definition) is 10. The van der Waals surface area contributed by atoms with Gasteiger partial charge in [0.05, 0.1) is 57.1 Å². The standard InChI is InChI=1S/C44H54N4O7S/c1-3-4-5-14-28-52-42-41(45-56-46-42)33-16-15-25-47(2,31-33)32-53-39(49)23-24-40(50)55-44(34-17-8-6-9-18-34,35-19-10-7-11-20-35)43(51)54-38-29-36-21-22-37(30-38)48(36)26-12-13-27-48/h6-11,16-20,36-38H,3-5,12-15,21-22,25-32H2,1-2H3/q+2. The Bertz CT molecular complexity index is 1880. The van der Waals surface area contributed by atoms with Gasteiger partial charge in [-0.15, -0.1) is 4.37 Å². The Morgan fingerprint density at radius 2 is 1.52 bits per heavy atom. The number of carbonyl (C=O) groups excluding carboxylic acids is 3. The lowest BCUT2D eigenvalue weighted by Crippen LogP contribution is -2.60. The second-order valence-corrected chi connectivity index (χ2v) is 16.6. The van der Waals surface area contributed by atoms with Crippen LogP contribution in [0.1, 0.15) is 94.4 Å². The van der Waals surface area contributed by atoms with Gasteiger partial charge in [0.25, 0.3) is 11.5 Å². The first-order valence-electron chi connectivity index (χ1n) is 20.3. The summed E-state index contributed by atoms with van der Waals surface area (Å²) in [5.41, 5.74) is 0.650. The summed E-state index contributed by atoms with van der Waals surface area (Å²) in [6, 6.07) is 18.8. The predicted octanol–water partition coefficient (Wildman–Crippen LogP) is 6.57. The van der Waals surface area contributed by atoms with Crippen molar-refractivity contribution in [2.24, 2.45) is 0 Å². The minimum absolute atomic E-state index is 0.0400. The minimum Gasteiger partial charge on any atom is -0.475 e. The molecule has 2 bridgehead atoms. The van der Waals surface area contributed by atoms with Crippen molar-refractivity contribution in [1.29, 1.82) is 0 Å². The van der Waals surface area contributed by atoms with Crippen molar-refractivity contribution in [1.82, 2.24) is 8.75 Å². The van der Waals surface area contributed by atoms with Gasteiger partial charge < -0.3 is 23.4 Å². The van der Waals surface area contributed by atoms with Gasteiger partial charge in [0.2, 0.25) is 6.73 Å². The largest absolute Gasteiger partial charge is 0.475 e. The SMILES string of the molecule is CCCCCCOc1nsnc1C1=CCC[N+](C)(COC(=O)C#CC(=O)OC(C(=O)OC2CC3CCC(C2)[N+]32CCCC2)(c2ccccc2)c2ccccc2)C1. The monoisotopic (exact) mass is 782 g/mol. The molecule has 56 heavy (non-hydrogen) atoms. The van der Waals surface area contributed by atoms with E-state index >= 15 is 0 Å². The van der Waals surface area contributed by atoms with Crippen LogP contribution in [0.25, 0.3) is 5.57 Å². The van der Waals surface area contributed by atoms with Crippen molar-refractivity contribution < 1.29 is 42.3 Å². The molecule has 296 valence electrons. The third kappa shape index (κ3) is 8.55. The summed E-state index contributed by atoms with van der Waals surface area (Å²) >= 11 is 1.12. The van der Waals surface area contributed by atoms with Crippen LogP contribution in [-0.2, 0) is 34.2 Å². The van der Waals surface area contributed by atoms with Crippen LogP contribution in [0.5, 0.6) is 5.88 Å². The molecular weight excluding hydrogens is 729 g/mol. The average Bonchev–Trinajstić information content (AvgIpc) is 3.94. The number of likely N-dealkylation sites (N-methyl/N-ethyl adjacent to an activating group) is 1. The average molecular weight is 783 g/mol. The van der Waals surface area contributed by atoms with Crippen LogP contribution in [0.15, 0.2) is 66.7 Å². The molecule has 3 fully saturated rings. The van der Waals surface area contributed by atoms with Gasteiger partial charge in [0.15, 0.2) is 0 Å². The molecular formula is C44H54N4O7S+2. The third-order valence-corrected chi connectivity index (χ3v) is 12.8. The fourth-order valence-electron chi connectivity index (χ4n) is 9.52. The number of aromatic nitrogens is 2. The van der Waals surface area contributed by atoms with E-state index in [-0.39, 0.29) is 12.8 Å². The highest BCUT2D eigenvalue weighted by atomic mass is 32.1. The van der Waals surface area contributed by atoms with E-state index < -0.39 is 23.5 Å². The number of piperidine rings is 1. The van der Waals surface area contributed by atoms with Gasteiger partial charge in [-0.05, 0) is 6.42 Å². The van der Waals surface area contributed by atoms with Gasteiger partial charge in [0.1, 0.15) is 18.3 Å². The zero-order valence-corrected chi connectivity index (χ0v) is 33.5. The third-order valence-electron chi connectivity index (χ3n) is 12.3. The lowest BCUT2D eigenvalue weighted by atomic mass is 9.85. The highest BCUT2D eigenvalue weighted by Crippen LogP contribution is 2.47. The number of unbranched alkanes of at least 4 members (excludes halogenated alkanes) is 3. The van der Waals surface area contributed by atoms with Crippen molar-refractivity contribution in [3.05, 3.63) is 83.6 Å². The van der Waals surface area contributed by atoms with E-state index in [4.69, 9.17) is 18.9 Å². The highest BCUT2D eigenvalue weighted by Gasteiger charge is 2.57. The molecule has 4 aliphatic rings. The first-order chi connectivity index (χ1) is 27.2. The molecule has 11 nitrogen and oxygen atoms in total. The van der Waals surface area contributed by atoms with Gasteiger partial charge in [-0.1, -0.05) is 92.9 Å². The van der Waals surface area contributed by atoms with Crippen molar-refractivity contribution in [3.63, 3.8) is 0 Å². The number of benzene rings is 2. The smallest absolute Gasteiger partial charge is 0.389 e. The maximum Gasteiger partial charge on any atom is 0.389 e. The summed E-state index contributed by atoms with van der Waals surface area (Å²) in [4.78, 5) is 41.3. The summed E-state index contributed by atoms with van der Waals surface area (Å²) in [5, 5.41) is 0. The molecule has 2 aromatic carbocycles. The Kier molecular flexibility index (Phi) is 12.5. The Morgan fingerprint density at radius 3 is 2.18 bits per heavy atom. The Hall–Kier alpha value is -4.57. The van der Waals surface area contributed by atoms with Crippen LogP contribution < -0.4 is 4.74 Å². The van der Waals surface area contributed by atoms with Crippen LogP contribution >= 0.6 is 11.7 Å². The Morgan fingerprint density at radius 1 is 0.857 bits per heavy atom. The number of rotatable bonds is 14. The van der Waals surface area contributed by atoms with E-state index in [0.717, 1.165) is 80.9 Å². The lowest BCUT2D eigenvalue weighted by Gasteiger charge is -2.47. The summed E-state index contributed by atoms with van der Waals surface area (Å²) in [7, 11) is 2.00. The molecule has 3 saturated heterocycles. The fourth-order valence-corrected chi connectivity index (χ4v) is 10.1. The number of ether oxygens (including phenoxy) is 4. The molecule has 1 spiro atoms. The maximum absolute atomic E-state index is 14.6. The van der Waals surface area contributed by atoms with E-state index in [1.165, 1.54) is 36.8 Å². The molecule has 4 aliphatic heterocycles. The van der Waals surface area contributed by atoms with Gasteiger partial charge >= 0.3 is 17.9 Å². The topological polar surface area (TPSA) is 114 Å². The van der Waals surface area contributed by atoms with Crippen LogP contribution in [0.4, 0.5) is 0 Å². The molecule has 3 aromatic rings. The number of hydrogen-bond donors (Lipinski definition) is 0. The molecule has 0 amide bonds. The number of esters is 3. The summed E-state index contributed by atoms with van der Waals surface area (Å²) in [5.74, 6) is 2.59. The zero-order chi connectivity index (χ0) is 39.0. The molecule has 7 rings (SSSR count). The normalized spacial score (nSPS) is 23.8. The second kappa shape index (κ2) is 17.7. The number of quaternary nitrogens is 2. The molecule has 0 saturated carbocycles. The summed E-state index contributed by atoms with van der Waals surface area (Å²) in [6.45, 7) is 6.53. The summed E-state index contributed by atoms with van der Waals surface area (Å²) < 4.78 is 34.6. The maximum atomic E-state index is 14.6. The quantitative estimate of drug-likeness (QED) is 0.0448. The molecule has 3 unspecified atom stereocenters. The molecule has 12 heteroatoms. The van der Waals surface area contributed by atoms with Gasteiger partial charge in [0, 0.05) is 73.5 Å². The summed E-state index contributed by atoms with van der Waals surface area (Å²) in [6.07, 6.45) is 13.4. The first kappa shape index (κ1) is 39.7. The fraction of sp³-hybridized carbons (Fsp3) is 0.523. The first-order valence-corrected chi connectivity index (χ1v) is 21.1. The van der Waals surface area contributed by atoms with Crippen LogP contribution in [-0.4, -0.2) is 100 Å². The van der Waals surface area contributed by atoms with Crippen molar-refractivity contribution in [2.45, 2.75) is 101 Å². The van der Waals surface area contributed by atoms with Crippen molar-refractivity contribution in [2.75, 3.05) is 46.6 Å². The molecule has 5 heterocycles. The second-order valence-electron chi connectivity index (χ2n) is 16.1. The number of nitrogens with zero attached hydrogens (tertiary/aromatic N) is 4. The predicted molar refractivity (Wildman–Crippen MR) is 212 cm³/mol. The van der Waals surface area contributed by atoms with E-state index in [2.05, 4.69) is 33.6 Å². The lowest BCUT2D eigenvalue weighted by molar-refractivity contribution is -0.956.